The first-order chi connectivity index (χ1) is 9.39. The monoisotopic (exact) mass is 281 g/mol. The minimum absolute atomic E-state index is 0.251. The third kappa shape index (κ3) is 3.96. The Balaban J connectivity index is 1.89. The molecule has 2 aliphatic heterocycles. The number of likely N-dealkylation sites (tertiary alicyclic amines) is 2. The molecule has 2 saturated heterocycles. The van der Waals surface area contributed by atoms with Gasteiger partial charge in [0.2, 0.25) is 0 Å². The first-order valence-electron chi connectivity index (χ1n) is 8.63. The summed E-state index contributed by atoms with van der Waals surface area (Å²) in [6.07, 6.45) is 6.92. The summed E-state index contributed by atoms with van der Waals surface area (Å²) in [6, 6.07) is 1.59. The Labute approximate surface area is 125 Å². The van der Waals surface area contributed by atoms with Crippen LogP contribution in [-0.4, -0.2) is 54.1 Å². The van der Waals surface area contributed by atoms with Gasteiger partial charge in [-0.1, -0.05) is 27.2 Å². The first kappa shape index (κ1) is 16.3. The lowest BCUT2D eigenvalue weighted by molar-refractivity contribution is 0.0280. The zero-order valence-electron chi connectivity index (χ0n) is 14.1. The van der Waals surface area contributed by atoms with Crippen molar-refractivity contribution in [1.82, 2.24) is 9.80 Å². The zero-order chi connectivity index (χ0) is 14.8. The van der Waals surface area contributed by atoms with Gasteiger partial charge in [-0.05, 0) is 51.1 Å². The fourth-order valence-electron chi connectivity index (χ4n) is 4.48. The second-order valence-electron chi connectivity index (χ2n) is 8.03. The quantitative estimate of drug-likeness (QED) is 0.863. The minimum atomic E-state index is 0.251. The highest BCUT2D eigenvalue weighted by Crippen LogP contribution is 2.30. The van der Waals surface area contributed by atoms with Gasteiger partial charge in [0.25, 0.3) is 0 Å². The van der Waals surface area contributed by atoms with Crippen molar-refractivity contribution in [3.05, 3.63) is 0 Å². The number of nitrogens with zero attached hydrogens (tertiary/aromatic N) is 2. The fraction of sp³-hybridized carbons (Fsp3) is 1.00. The van der Waals surface area contributed by atoms with E-state index in [1.807, 2.05) is 0 Å². The highest BCUT2D eigenvalue weighted by molar-refractivity contribution is 4.92. The van der Waals surface area contributed by atoms with Gasteiger partial charge < -0.3 is 10.6 Å². The maximum absolute atomic E-state index is 6.28. The van der Waals surface area contributed by atoms with Crippen molar-refractivity contribution >= 4 is 0 Å². The van der Waals surface area contributed by atoms with Crippen LogP contribution in [0, 0.1) is 5.41 Å². The average Bonchev–Trinajstić information content (AvgIpc) is 2.38. The van der Waals surface area contributed by atoms with Gasteiger partial charge in [-0.15, -0.1) is 0 Å². The highest BCUT2D eigenvalue weighted by Gasteiger charge is 2.36. The largest absolute Gasteiger partial charge is 0.327 e. The van der Waals surface area contributed by atoms with E-state index in [9.17, 15) is 0 Å². The van der Waals surface area contributed by atoms with Crippen LogP contribution in [-0.2, 0) is 0 Å². The summed E-state index contributed by atoms with van der Waals surface area (Å²) in [5.74, 6) is 0. The summed E-state index contributed by atoms with van der Waals surface area (Å²) in [5, 5.41) is 0. The number of nitrogens with two attached hydrogens (primary N) is 1. The van der Waals surface area contributed by atoms with E-state index in [0.717, 1.165) is 6.04 Å². The van der Waals surface area contributed by atoms with Gasteiger partial charge in [0, 0.05) is 31.2 Å². The molecule has 2 unspecified atom stereocenters. The number of hydrogen-bond donors (Lipinski definition) is 1. The van der Waals surface area contributed by atoms with Crippen molar-refractivity contribution in [3.63, 3.8) is 0 Å². The molecule has 0 radical (unpaired) electrons. The van der Waals surface area contributed by atoms with E-state index in [1.165, 1.54) is 58.3 Å². The predicted octanol–water partition coefficient (Wildman–Crippen LogP) is 2.70. The Kier molecular flexibility index (Phi) is 5.49. The molecule has 0 saturated carbocycles. The normalized spacial score (nSPS) is 27.4. The van der Waals surface area contributed by atoms with Gasteiger partial charge in [0.15, 0.2) is 0 Å². The van der Waals surface area contributed by atoms with Crippen LogP contribution in [0.15, 0.2) is 0 Å². The Morgan fingerprint density at radius 2 is 1.50 bits per heavy atom. The maximum Gasteiger partial charge on any atom is 0.0292 e. The van der Waals surface area contributed by atoms with Gasteiger partial charge in [-0.2, -0.15) is 0 Å². The molecule has 3 nitrogen and oxygen atoms in total. The summed E-state index contributed by atoms with van der Waals surface area (Å²) in [5.41, 5.74) is 6.55. The molecule has 0 aromatic rings. The van der Waals surface area contributed by atoms with Gasteiger partial charge in [-0.3, -0.25) is 4.90 Å². The third-order valence-corrected chi connectivity index (χ3v) is 5.18. The summed E-state index contributed by atoms with van der Waals surface area (Å²) in [7, 11) is 0. The van der Waals surface area contributed by atoms with Gasteiger partial charge in [-0.25, -0.2) is 0 Å². The first-order valence-corrected chi connectivity index (χ1v) is 8.63. The summed E-state index contributed by atoms with van der Waals surface area (Å²) in [4.78, 5) is 5.41. The molecule has 0 aromatic heterocycles. The van der Waals surface area contributed by atoms with E-state index >= 15 is 0 Å². The Morgan fingerprint density at radius 1 is 0.950 bits per heavy atom. The SMILES string of the molecule is CC(N)C(N1CCC(N2CCCCC2)CC1)C(C)(C)C. The van der Waals surface area contributed by atoms with Crippen LogP contribution in [0.25, 0.3) is 0 Å². The Bertz CT molecular complexity index is 281. The van der Waals surface area contributed by atoms with Crippen molar-refractivity contribution in [2.75, 3.05) is 26.2 Å². The second kappa shape index (κ2) is 6.76. The van der Waals surface area contributed by atoms with Crippen LogP contribution >= 0.6 is 0 Å². The molecule has 2 N–H and O–H groups in total. The predicted molar refractivity (Wildman–Crippen MR) is 86.9 cm³/mol. The van der Waals surface area contributed by atoms with E-state index in [0.29, 0.717) is 6.04 Å². The van der Waals surface area contributed by atoms with Gasteiger partial charge >= 0.3 is 0 Å². The molecule has 2 rings (SSSR count). The molecule has 118 valence electrons. The van der Waals surface area contributed by atoms with E-state index in [1.54, 1.807) is 0 Å². The average molecular weight is 281 g/mol. The smallest absolute Gasteiger partial charge is 0.0292 e. The molecule has 2 heterocycles. The molecular weight excluding hydrogens is 246 g/mol. The van der Waals surface area contributed by atoms with Crippen LogP contribution in [0.3, 0.4) is 0 Å². The molecular formula is C17H35N3. The number of rotatable bonds is 3. The second-order valence-corrected chi connectivity index (χ2v) is 8.03. The van der Waals surface area contributed by atoms with Crippen LogP contribution in [0.2, 0.25) is 0 Å². The van der Waals surface area contributed by atoms with Gasteiger partial charge in [0.1, 0.15) is 0 Å². The van der Waals surface area contributed by atoms with Crippen molar-refractivity contribution in [2.45, 2.75) is 77.9 Å². The van der Waals surface area contributed by atoms with Gasteiger partial charge in [0.05, 0.1) is 0 Å². The maximum atomic E-state index is 6.28. The van der Waals surface area contributed by atoms with Crippen LogP contribution in [0.5, 0.6) is 0 Å². The lowest BCUT2D eigenvalue weighted by atomic mass is 9.80. The van der Waals surface area contributed by atoms with Crippen LogP contribution < -0.4 is 5.73 Å². The molecule has 0 spiro atoms. The van der Waals surface area contributed by atoms with Crippen molar-refractivity contribution < 1.29 is 0 Å². The molecule has 0 bridgehead atoms. The fourth-order valence-corrected chi connectivity index (χ4v) is 4.48. The Hall–Kier alpha value is -0.120. The van der Waals surface area contributed by atoms with Crippen LogP contribution in [0.1, 0.15) is 59.8 Å². The van der Waals surface area contributed by atoms with Crippen molar-refractivity contribution in [3.8, 4) is 0 Å². The lowest BCUT2D eigenvalue weighted by Gasteiger charge is -2.47. The minimum Gasteiger partial charge on any atom is -0.327 e. The molecule has 0 aromatic carbocycles. The van der Waals surface area contributed by atoms with E-state index in [4.69, 9.17) is 5.73 Å². The number of piperidine rings is 2. The summed E-state index contributed by atoms with van der Waals surface area (Å²) in [6.45, 7) is 14.3. The standard InChI is InChI=1S/C17H35N3/c1-14(18)16(17(2,3)4)20-12-8-15(9-13-20)19-10-6-5-7-11-19/h14-16H,5-13,18H2,1-4H3. The molecule has 0 amide bonds. The molecule has 3 heteroatoms. The molecule has 2 atom stereocenters. The molecule has 2 aliphatic rings. The van der Waals surface area contributed by atoms with Crippen molar-refractivity contribution in [2.24, 2.45) is 11.1 Å². The lowest BCUT2D eigenvalue weighted by Crippen LogP contribution is -2.57. The summed E-state index contributed by atoms with van der Waals surface area (Å²) < 4.78 is 0. The summed E-state index contributed by atoms with van der Waals surface area (Å²) >= 11 is 0. The zero-order valence-corrected chi connectivity index (χ0v) is 14.1. The molecule has 20 heavy (non-hydrogen) atoms. The van der Waals surface area contributed by atoms with E-state index < -0.39 is 0 Å². The topological polar surface area (TPSA) is 32.5 Å². The Morgan fingerprint density at radius 3 is 1.95 bits per heavy atom. The molecule has 0 aliphatic carbocycles. The number of hydrogen-bond acceptors (Lipinski definition) is 3. The van der Waals surface area contributed by atoms with E-state index in [-0.39, 0.29) is 11.5 Å². The third-order valence-electron chi connectivity index (χ3n) is 5.18. The molecule has 2 fully saturated rings. The van der Waals surface area contributed by atoms with E-state index in [2.05, 4.69) is 37.5 Å². The highest BCUT2D eigenvalue weighted by atomic mass is 15.2. The van der Waals surface area contributed by atoms with Crippen molar-refractivity contribution in [1.29, 1.82) is 0 Å². The van der Waals surface area contributed by atoms with Crippen LogP contribution in [0.4, 0.5) is 0 Å².